The van der Waals surface area contributed by atoms with E-state index in [9.17, 15) is 0 Å². The Morgan fingerprint density at radius 3 is 2.52 bits per heavy atom. The Morgan fingerprint density at radius 2 is 1.70 bits per heavy atom. The number of benzene rings is 4. The third-order valence-corrected chi connectivity index (χ3v) is 6.62. The molecule has 0 saturated heterocycles. The van der Waals surface area contributed by atoms with E-state index < -0.39 is 0 Å². The molecule has 7 heteroatoms. The highest BCUT2D eigenvalue weighted by atomic mass is 79.9. The van der Waals surface area contributed by atoms with Gasteiger partial charge in [0, 0.05) is 7.05 Å². The number of rotatable bonds is 6. The maximum Gasteiger partial charge on any atom is 0.224 e. The molecule has 33 heavy (non-hydrogen) atoms. The van der Waals surface area contributed by atoms with Crippen LogP contribution in [0.2, 0.25) is 0 Å². The summed E-state index contributed by atoms with van der Waals surface area (Å²) in [7, 11) is 1.96. The molecule has 0 fully saturated rings. The minimum atomic E-state index is 0.472. The topological polar surface area (TPSA) is 51.4 Å². The summed E-state index contributed by atoms with van der Waals surface area (Å²) in [6.45, 7) is 0.472. The minimum Gasteiger partial charge on any atom is -0.487 e. The number of aryl methyl sites for hydroxylation is 1. The van der Waals surface area contributed by atoms with Gasteiger partial charge in [0.2, 0.25) is 5.95 Å². The average Bonchev–Trinajstić information content (AvgIpc) is 3.14. The Labute approximate surface area is 208 Å². The summed E-state index contributed by atoms with van der Waals surface area (Å²) in [5.74, 6) is 1.43. The molecule has 1 aromatic heterocycles. The number of fused-ring (bicyclic) bond motifs is 2. The van der Waals surface area contributed by atoms with Crippen LogP contribution in [0, 0.1) is 0 Å². The Kier molecular flexibility index (Phi) is 6.15. The van der Waals surface area contributed by atoms with Crippen molar-refractivity contribution >= 4 is 65.8 Å². The lowest BCUT2D eigenvalue weighted by atomic mass is 10.1. The zero-order valence-electron chi connectivity index (χ0n) is 17.8. The minimum absolute atomic E-state index is 0.472. The van der Waals surface area contributed by atoms with Gasteiger partial charge in [0.05, 0.1) is 26.2 Å². The third-order valence-electron chi connectivity index (χ3n) is 5.44. The summed E-state index contributed by atoms with van der Waals surface area (Å²) in [5, 5.41) is 6.77. The second-order valence-electron chi connectivity index (χ2n) is 7.59. The molecule has 5 aromatic rings. The number of aromatic nitrogens is 2. The predicted molar refractivity (Wildman–Crippen MR) is 142 cm³/mol. The van der Waals surface area contributed by atoms with E-state index >= 15 is 0 Å². The molecule has 0 atom stereocenters. The Balaban J connectivity index is 1.31. The van der Waals surface area contributed by atoms with Crippen LogP contribution in [0.4, 0.5) is 5.95 Å². The Hall–Kier alpha value is -3.16. The van der Waals surface area contributed by atoms with Crippen molar-refractivity contribution in [3.63, 3.8) is 0 Å². The molecule has 1 heterocycles. The molecule has 0 aliphatic carbocycles. The van der Waals surface area contributed by atoms with Crippen LogP contribution < -0.4 is 10.2 Å². The number of hydrogen-bond donors (Lipinski definition) is 1. The molecular formula is C26H20Br2N4O. The number of para-hydroxylation sites is 2. The van der Waals surface area contributed by atoms with Crippen LogP contribution in [0.5, 0.6) is 5.75 Å². The fourth-order valence-electron chi connectivity index (χ4n) is 3.77. The standard InChI is InChI=1S/C26H20Br2N4O/c1-32-24-12-5-4-11-23(24)30-26(32)31-29-15-17-13-21(27)25(22(28)14-17)33-16-19-9-6-8-18-7-2-3-10-20(18)19/h2-15H,16H2,1H3,(H,30,31)/b29-15-. The first kappa shape index (κ1) is 21.7. The van der Waals surface area contributed by atoms with Crippen molar-refractivity contribution in [3.8, 4) is 5.75 Å². The zero-order chi connectivity index (χ0) is 22.8. The maximum absolute atomic E-state index is 6.17. The quantitative estimate of drug-likeness (QED) is 0.174. The van der Waals surface area contributed by atoms with E-state index in [1.165, 1.54) is 10.8 Å². The molecule has 0 radical (unpaired) electrons. The first-order valence-corrected chi connectivity index (χ1v) is 12.0. The molecule has 0 aliphatic rings. The highest BCUT2D eigenvalue weighted by molar-refractivity contribution is 9.11. The fourth-order valence-corrected chi connectivity index (χ4v) is 5.22. The van der Waals surface area contributed by atoms with Gasteiger partial charge in [-0.25, -0.2) is 10.4 Å². The van der Waals surface area contributed by atoms with Crippen molar-refractivity contribution in [2.75, 3.05) is 5.43 Å². The van der Waals surface area contributed by atoms with E-state index in [4.69, 9.17) is 4.74 Å². The average molecular weight is 564 g/mol. The first-order chi connectivity index (χ1) is 16.1. The van der Waals surface area contributed by atoms with Crippen LogP contribution in [-0.4, -0.2) is 15.8 Å². The van der Waals surface area contributed by atoms with E-state index in [2.05, 4.69) is 77.7 Å². The van der Waals surface area contributed by atoms with Crippen LogP contribution in [0.1, 0.15) is 11.1 Å². The molecule has 0 saturated carbocycles. The lowest BCUT2D eigenvalue weighted by Crippen LogP contribution is -2.00. The summed E-state index contributed by atoms with van der Waals surface area (Å²) in [6.07, 6.45) is 1.75. The summed E-state index contributed by atoms with van der Waals surface area (Å²) in [5.41, 5.74) is 7.06. The summed E-state index contributed by atoms with van der Waals surface area (Å²) < 4.78 is 9.84. The summed E-state index contributed by atoms with van der Waals surface area (Å²) in [4.78, 5) is 4.57. The summed E-state index contributed by atoms with van der Waals surface area (Å²) >= 11 is 7.28. The second-order valence-corrected chi connectivity index (χ2v) is 9.30. The molecule has 164 valence electrons. The maximum atomic E-state index is 6.17. The molecule has 5 rings (SSSR count). The van der Waals surface area contributed by atoms with Crippen molar-refractivity contribution in [2.24, 2.45) is 12.1 Å². The van der Waals surface area contributed by atoms with Crippen LogP contribution in [-0.2, 0) is 13.7 Å². The Bertz CT molecular complexity index is 1460. The highest BCUT2D eigenvalue weighted by Crippen LogP contribution is 2.35. The van der Waals surface area contributed by atoms with E-state index in [1.54, 1.807) is 6.21 Å². The number of halogens is 2. The van der Waals surface area contributed by atoms with Gasteiger partial charge in [-0.2, -0.15) is 5.10 Å². The molecule has 4 aromatic carbocycles. The van der Waals surface area contributed by atoms with E-state index in [0.717, 1.165) is 36.9 Å². The van der Waals surface area contributed by atoms with E-state index in [1.807, 2.05) is 60.1 Å². The number of hydrazone groups is 1. The van der Waals surface area contributed by atoms with Gasteiger partial charge in [-0.3, -0.25) is 0 Å². The fraction of sp³-hybridized carbons (Fsp3) is 0.0769. The van der Waals surface area contributed by atoms with Crippen LogP contribution >= 0.6 is 31.9 Å². The number of nitrogens with zero attached hydrogens (tertiary/aromatic N) is 3. The van der Waals surface area contributed by atoms with E-state index in [-0.39, 0.29) is 0 Å². The number of nitrogens with one attached hydrogen (secondary N) is 1. The molecule has 5 nitrogen and oxygen atoms in total. The molecule has 0 spiro atoms. The molecule has 0 bridgehead atoms. The SMILES string of the molecule is Cn1c(N/N=C\c2cc(Br)c(OCc3cccc4ccccc34)c(Br)c2)nc2ccccc21. The van der Waals surface area contributed by atoms with Crippen LogP contribution in [0.15, 0.2) is 92.9 Å². The van der Waals surface area contributed by atoms with Crippen molar-refractivity contribution in [1.29, 1.82) is 0 Å². The van der Waals surface area contributed by atoms with Crippen LogP contribution in [0.3, 0.4) is 0 Å². The number of imidazole rings is 1. The molecular weight excluding hydrogens is 544 g/mol. The van der Waals surface area contributed by atoms with Crippen molar-refractivity contribution in [2.45, 2.75) is 6.61 Å². The third kappa shape index (κ3) is 4.51. The Morgan fingerprint density at radius 1 is 0.970 bits per heavy atom. The highest BCUT2D eigenvalue weighted by Gasteiger charge is 2.10. The van der Waals surface area contributed by atoms with Gasteiger partial charge in [-0.15, -0.1) is 0 Å². The zero-order valence-corrected chi connectivity index (χ0v) is 21.0. The molecule has 0 unspecified atom stereocenters. The number of ether oxygens (including phenoxy) is 1. The van der Waals surface area contributed by atoms with Gasteiger partial charge in [-0.05, 0) is 78.0 Å². The van der Waals surface area contributed by atoms with Gasteiger partial charge < -0.3 is 9.30 Å². The summed E-state index contributed by atoms with van der Waals surface area (Å²) in [6, 6.07) is 26.5. The van der Waals surface area contributed by atoms with Gasteiger partial charge in [0.1, 0.15) is 12.4 Å². The first-order valence-electron chi connectivity index (χ1n) is 10.4. The van der Waals surface area contributed by atoms with Gasteiger partial charge in [0.25, 0.3) is 0 Å². The lowest BCUT2D eigenvalue weighted by Gasteiger charge is -2.13. The van der Waals surface area contributed by atoms with E-state index in [0.29, 0.717) is 12.6 Å². The monoisotopic (exact) mass is 562 g/mol. The lowest BCUT2D eigenvalue weighted by molar-refractivity contribution is 0.303. The van der Waals surface area contributed by atoms with Gasteiger partial charge in [0.15, 0.2) is 0 Å². The second kappa shape index (κ2) is 9.37. The largest absolute Gasteiger partial charge is 0.487 e. The number of anilines is 1. The normalized spacial score (nSPS) is 11.5. The van der Waals surface area contributed by atoms with Crippen molar-refractivity contribution < 1.29 is 4.74 Å². The van der Waals surface area contributed by atoms with Crippen molar-refractivity contribution in [1.82, 2.24) is 9.55 Å². The molecule has 1 N–H and O–H groups in total. The molecule has 0 aliphatic heterocycles. The van der Waals surface area contributed by atoms with Gasteiger partial charge >= 0.3 is 0 Å². The van der Waals surface area contributed by atoms with Crippen molar-refractivity contribution in [3.05, 3.63) is 98.9 Å². The smallest absolute Gasteiger partial charge is 0.224 e. The molecule has 0 amide bonds. The van der Waals surface area contributed by atoms with Gasteiger partial charge in [-0.1, -0.05) is 54.6 Å². The number of hydrogen-bond acceptors (Lipinski definition) is 4. The van der Waals surface area contributed by atoms with Crippen LogP contribution in [0.25, 0.3) is 21.8 Å². The predicted octanol–water partition coefficient (Wildman–Crippen LogP) is 7.28.